The molecule has 0 saturated carbocycles. The second kappa shape index (κ2) is 6.79. The maximum Gasteiger partial charge on any atom is 0.242 e. The van der Waals surface area contributed by atoms with E-state index >= 15 is 0 Å². The topological polar surface area (TPSA) is 76.9 Å². The van der Waals surface area contributed by atoms with Crippen molar-refractivity contribution < 1.29 is 12.8 Å². The standard InChI is InChI=1S/C20H21FN4O2S/c1-20(2)10-18(24-28(26,27)16-4-3-9-22-12-16)17-13-23-25(19(17)11-20)15-7-5-14(21)6-8-15/h3-9,12-13,18,24H,10-11H2,1-2H3/t18-/m1/s1. The largest absolute Gasteiger partial charge is 0.263 e. The summed E-state index contributed by atoms with van der Waals surface area (Å²) in [6.45, 7) is 4.20. The lowest BCUT2D eigenvalue weighted by molar-refractivity contribution is 0.268. The third-order valence-corrected chi connectivity index (χ3v) is 6.45. The molecule has 0 saturated heterocycles. The van der Waals surface area contributed by atoms with E-state index < -0.39 is 16.1 Å². The highest BCUT2D eigenvalue weighted by Gasteiger charge is 2.37. The van der Waals surface area contributed by atoms with Gasteiger partial charge in [0, 0.05) is 23.7 Å². The number of hydrogen-bond donors (Lipinski definition) is 1. The number of pyridine rings is 1. The highest BCUT2D eigenvalue weighted by Crippen LogP contribution is 2.42. The predicted octanol–water partition coefficient (Wildman–Crippen LogP) is 3.40. The summed E-state index contributed by atoms with van der Waals surface area (Å²) in [5.41, 5.74) is 2.39. The molecule has 0 radical (unpaired) electrons. The summed E-state index contributed by atoms with van der Waals surface area (Å²) < 4.78 is 43.5. The smallest absolute Gasteiger partial charge is 0.242 e. The van der Waals surface area contributed by atoms with E-state index in [4.69, 9.17) is 0 Å². The Balaban J connectivity index is 1.73. The van der Waals surface area contributed by atoms with Crippen LogP contribution in [0.4, 0.5) is 4.39 Å². The van der Waals surface area contributed by atoms with Gasteiger partial charge in [-0.05, 0) is 54.7 Å². The van der Waals surface area contributed by atoms with Crippen molar-refractivity contribution in [3.63, 3.8) is 0 Å². The highest BCUT2D eigenvalue weighted by atomic mass is 32.2. The van der Waals surface area contributed by atoms with E-state index in [0.29, 0.717) is 6.42 Å². The van der Waals surface area contributed by atoms with Gasteiger partial charge in [-0.2, -0.15) is 5.10 Å². The lowest BCUT2D eigenvalue weighted by Gasteiger charge is -2.35. The quantitative estimate of drug-likeness (QED) is 0.728. The monoisotopic (exact) mass is 400 g/mol. The molecular formula is C20H21FN4O2S. The first-order valence-electron chi connectivity index (χ1n) is 9.00. The van der Waals surface area contributed by atoms with Crippen molar-refractivity contribution in [2.24, 2.45) is 5.41 Å². The average Bonchev–Trinajstić information content (AvgIpc) is 3.05. The number of nitrogens with zero attached hydrogens (tertiary/aromatic N) is 3. The first kappa shape index (κ1) is 18.8. The number of aromatic nitrogens is 3. The number of rotatable bonds is 4. The fourth-order valence-corrected chi connectivity index (χ4v) is 4.89. The van der Waals surface area contributed by atoms with E-state index in [9.17, 15) is 12.8 Å². The number of benzene rings is 1. The summed E-state index contributed by atoms with van der Waals surface area (Å²) in [6.07, 6.45) is 5.95. The fraction of sp³-hybridized carbons (Fsp3) is 0.300. The maximum absolute atomic E-state index is 13.3. The summed E-state index contributed by atoms with van der Waals surface area (Å²) in [6, 6.07) is 8.82. The molecule has 1 aliphatic rings. The SMILES string of the molecule is CC1(C)Cc2c(cnn2-c2ccc(F)cc2)[C@H](NS(=O)(=O)c2cccnc2)C1. The average molecular weight is 400 g/mol. The van der Waals surface area contributed by atoms with Gasteiger partial charge < -0.3 is 0 Å². The minimum absolute atomic E-state index is 0.130. The number of fused-ring (bicyclic) bond motifs is 1. The molecule has 146 valence electrons. The third kappa shape index (κ3) is 3.57. The number of hydrogen-bond acceptors (Lipinski definition) is 4. The molecule has 0 aliphatic heterocycles. The van der Waals surface area contributed by atoms with Gasteiger partial charge in [-0.3, -0.25) is 4.98 Å². The second-order valence-corrected chi connectivity index (χ2v) is 9.56. The number of sulfonamides is 1. The molecule has 0 fully saturated rings. The van der Waals surface area contributed by atoms with Crippen LogP contribution in [-0.4, -0.2) is 23.2 Å². The third-order valence-electron chi connectivity index (χ3n) is 4.99. The molecule has 0 unspecified atom stereocenters. The second-order valence-electron chi connectivity index (χ2n) is 7.84. The van der Waals surface area contributed by atoms with Crippen LogP contribution in [0.15, 0.2) is 59.9 Å². The Hall–Kier alpha value is -2.58. The van der Waals surface area contributed by atoms with Crippen molar-refractivity contribution in [3.8, 4) is 5.69 Å². The number of halogens is 1. The van der Waals surface area contributed by atoms with Crippen molar-refractivity contribution in [1.82, 2.24) is 19.5 Å². The van der Waals surface area contributed by atoms with E-state index in [1.165, 1.54) is 30.6 Å². The Bertz CT molecular complexity index is 1090. The van der Waals surface area contributed by atoms with Crippen LogP contribution in [0.2, 0.25) is 0 Å². The van der Waals surface area contributed by atoms with Gasteiger partial charge in [0.2, 0.25) is 10.0 Å². The molecule has 8 heteroatoms. The molecule has 6 nitrogen and oxygen atoms in total. The molecule has 0 amide bonds. The summed E-state index contributed by atoms with van der Waals surface area (Å²) >= 11 is 0. The van der Waals surface area contributed by atoms with Crippen molar-refractivity contribution in [2.45, 2.75) is 37.6 Å². The van der Waals surface area contributed by atoms with Crippen LogP contribution in [0.3, 0.4) is 0 Å². The van der Waals surface area contributed by atoms with E-state index in [2.05, 4.69) is 28.7 Å². The number of nitrogens with one attached hydrogen (secondary N) is 1. The summed E-state index contributed by atoms with van der Waals surface area (Å²) in [7, 11) is -3.71. The van der Waals surface area contributed by atoms with Crippen molar-refractivity contribution in [3.05, 3.63) is 72.1 Å². The molecule has 1 aromatic carbocycles. The fourth-order valence-electron chi connectivity index (χ4n) is 3.71. The van der Waals surface area contributed by atoms with Crippen LogP contribution in [-0.2, 0) is 16.4 Å². The van der Waals surface area contributed by atoms with Crippen LogP contribution < -0.4 is 4.72 Å². The first-order chi connectivity index (χ1) is 13.3. The van der Waals surface area contributed by atoms with Gasteiger partial charge in [-0.15, -0.1) is 0 Å². The zero-order valence-electron chi connectivity index (χ0n) is 15.6. The molecule has 0 bridgehead atoms. The molecular weight excluding hydrogens is 379 g/mol. The molecule has 2 aromatic heterocycles. The van der Waals surface area contributed by atoms with Gasteiger partial charge in [0.15, 0.2) is 0 Å². The molecule has 2 heterocycles. The van der Waals surface area contributed by atoms with Gasteiger partial charge in [0.25, 0.3) is 0 Å². The normalized spacial score (nSPS) is 18.6. The van der Waals surface area contributed by atoms with Crippen LogP contribution in [0.5, 0.6) is 0 Å². The highest BCUT2D eigenvalue weighted by molar-refractivity contribution is 7.89. The van der Waals surface area contributed by atoms with Crippen LogP contribution in [0.1, 0.15) is 37.6 Å². The summed E-state index contributed by atoms with van der Waals surface area (Å²) in [5.74, 6) is -0.313. The molecule has 1 aliphatic carbocycles. The van der Waals surface area contributed by atoms with Crippen molar-refractivity contribution >= 4 is 10.0 Å². The maximum atomic E-state index is 13.3. The Morgan fingerprint density at radius 3 is 2.61 bits per heavy atom. The predicted molar refractivity (Wildman–Crippen MR) is 103 cm³/mol. The zero-order chi connectivity index (χ0) is 19.9. The van der Waals surface area contributed by atoms with E-state index in [1.54, 1.807) is 29.1 Å². The molecule has 1 N–H and O–H groups in total. The molecule has 3 aromatic rings. The van der Waals surface area contributed by atoms with Crippen LogP contribution in [0, 0.1) is 11.2 Å². The van der Waals surface area contributed by atoms with Crippen molar-refractivity contribution in [1.29, 1.82) is 0 Å². The van der Waals surface area contributed by atoms with Gasteiger partial charge >= 0.3 is 0 Å². The molecule has 1 atom stereocenters. The van der Waals surface area contributed by atoms with Gasteiger partial charge in [0.1, 0.15) is 10.7 Å². The zero-order valence-corrected chi connectivity index (χ0v) is 16.4. The minimum Gasteiger partial charge on any atom is -0.263 e. The van der Waals surface area contributed by atoms with Gasteiger partial charge in [-0.25, -0.2) is 22.2 Å². The van der Waals surface area contributed by atoms with Gasteiger partial charge in [0.05, 0.1) is 17.9 Å². The summed E-state index contributed by atoms with van der Waals surface area (Å²) in [4.78, 5) is 4.03. The lowest BCUT2D eigenvalue weighted by Crippen LogP contribution is -2.36. The van der Waals surface area contributed by atoms with Crippen LogP contribution in [0.25, 0.3) is 5.69 Å². The molecule has 4 rings (SSSR count). The van der Waals surface area contributed by atoms with E-state index in [1.807, 2.05) is 0 Å². The lowest BCUT2D eigenvalue weighted by atomic mass is 9.74. The Morgan fingerprint density at radius 1 is 1.18 bits per heavy atom. The Morgan fingerprint density at radius 2 is 1.93 bits per heavy atom. The molecule has 28 heavy (non-hydrogen) atoms. The van der Waals surface area contributed by atoms with Gasteiger partial charge in [-0.1, -0.05) is 13.8 Å². The van der Waals surface area contributed by atoms with E-state index in [0.717, 1.165) is 23.4 Å². The van der Waals surface area contributed by atoms with E-state index in [-0.39, 0.29) is 16.1 Å². The summed E-state index contributed by atoms with van der Waals surface area (Å²) in [5, 5.41) is 4.46. The van der Waals surface area contributed by atoms with Crippen LogP contribution >= 0.6 is 0 Å². The first-order valence-corrected chi connectivity index (χ1v) is 10.5. The Kier molecular flexibility index (Phi) is 4.55. The molecule has 0 spiro atoms. The van der Waals surface area contributed by atoms with Crippen molar-refractivity contribution in [2.75, 3.05) is 0 Å². The Labute approximate surface area is 163 Å². The minimum atomic E-state index is -3.71.